The van der Waals surface area contributed by atoms with Crippen LogP contribution in [0.25, 0.3) is 0 Å². The summed E-state index contributed by atoms with van der Waals surface area (Å²) in [5, 5.41) is 16.8. The van der Waals surface area contributed by atoms with Crippen LogP contribution in [0.5, 0.6) is 0 Å². The van der Waals surface area contributed by atoms with Gasteiger partial charge in [-0.15, -0.1) is 11.6 Å². The molecule has 0 bridgehead atoms. The van der Waals surface area contributed by atoms with E-state index in [-0.39, 0.29) is 37.8 Å². The maximum absolute atomic E-state index is 13.8. The molecule has 0 radical (unpaired) electrons. The number of hydrogen-bond donors (Lipinski definition) is 3. The Labute approximate surface area is 370 Å². The number of nitrogens with one attached hydrogen (secondary N) is 2. The third kappa shape index (κ3) is 15.0. The van der Waals surface area contributed by atoms with Gasteiger partial charge in [-0.25, -0.2) is 9.59 Å². The van der Waals surface area contributed by atoms with Crippen LogP contribution < -0.4 is 10.6 Å². The number of aryl methyl sites for hydroxylation is 1. The second-order valence-corrected chi connectivity index (χ2v) is 19.2. The SMILES string of the molecule is Cc1ccc(C[C@H]2NC(=O)/C=C/C[C@@H]([C@H](C)[C@@H](O)[C@@H](Cl)c3ccc(CN4CCN(C(=O)OC(C)(C)C)CC4)cc3)OC(=O)[C@H](CC(C)C)OC(=O)C(C)(C)CNC2=O)cc1Cl. The Morgan fingerprint density at radius 1 is 0.984 bits per heavy atom. The number of cyclic esters (lactones) is 2. The lowest BCUT2D eigenvalue weighted by Gasteiger charge is -2.35. The van der Waals surface area contributed by atoms with Crippen LogP contribution in [0, 0.1) is 24.2 Å². The lowest BCUT2D eigenvalue weighted by atomic mass is 9.90. The van der Waals surface area contributed by atoms with Gasteiger partial charge in [0.2, 0.25) is 11.8 Å². The summed E-state index contributed by atoms with van der Waals surface area (Å²) in [4.78, 5) is 70.8. The van der Waals surface area contributed by atoms with Crippen LogP contribution in [0.1, 0.15) is 95.9 Å². The second kappa shape index (κ2) is 21.8. The molecule has 15 heteroatoms. The fraction of sp³-hybridized carbons (Fsp3) is 0.587. The molecule has 0 aromatic heterocycles. The number of aliphatic hydroxyl groups is 1. The molecule has 0 unspecified atom stereocenters. The number of amides is 3. The highest BCUT2D eigenvalue weighted by atomic mass is 35.5. The van der Waals surface area contributed by atoms with Crippen molar-refractivity contribution in [3.8, 4) is 0 Å². The van der Waals surface area contributed by atoms with Crippen molar-refractivity contribution in [3.63, 3.8) is 0 Å². The van der Waals surface area contributed by atoms with E-state index < -0.39 is 70.4 Å². The molecule has 1 fully saturated rings. The third-order valence-electron chi connectivity index (χ3n) is 10.8. The quantitative estimate of drug-likeness (QED) is 0.133. The van der Waals surface area contributed by atoms with Gasteiger partial charge < -0.3 is 34.9 Å². The fourth-order valence-corrected chi connectivity index (χ4v) is 7.49. The number of benzene rings is 2. The van der Waals surface area contributed by atoms with Crippen LogP contribution in [0.15, 0.2) is 54.6 Å². The first kappa shape index (κ1) is 49.5. The molecule has 0 spiro atoms. The molecule has 0 aliphatic carbocycles. The highest BCUT2D eigenvalue weighted by Crippen LogP contribution is 2.33. The molecule has 4 rings (SSSR count). The van der Waals surface area contributed by atoms with E-state index in [1.54, 1.807) is 31.7 Å². The number of carbonyl (C=O) groups excluding carboxylic acids is 5. The summed E-state index contributed by atoms with van der Waals surface area (Å²) in [6.07, 6.45) is -0.716. The zero-order valence-electron chi connectivity index (χ0n) is 37.0. The minimum absolute atomic E-state index is 0.000600. The molecule has 1 saturated heterocycles. The van der Waals surface area contributed by atoms with E-state index in [2.05, 4.69) is 15.5 Å². The Bertz CT molecular complexity index is 1870. The molecule has 2 aliphatic rings. The number of esters is 2. The Morgan fingerprint density at radius 2 is 1.62 bits per heavy atom. The van der Waals surface area contributed by atoms with E-state index in [0.717, 1.165) is 16.7 Å². The van der Waals surface area contributed by atoms with E-state index in [9.17, 15) is 29.1 Å². The summed E-state index contributed by atoms with van der Waals surface area (Å²) < 4.78 is 17.4. The molecule has 2 aromatic rings. The molecule has 13 nitrogen and oxygen atoms in total. The minimum atomic E-state index is -1.27. The van der Waals surface area contributed by atoms with Gasteiger partial charge in [-0.3, -0.25) is 19.3 Å². The van der Waals surface area contributed by atoms with Gasteiger partial charge in [0, 0.05) is 63.1 Å². The number of alkyl halides is 1. The number of nitrogens with zero attached hydrogens (tertiary/aromatic N) is 2. The molecule has 2 heterocycles. The van der Waals surface area contributed by atoms with Crippen molar-refractivity contribution in [2.45, 2.75) is 123 Å². The Morgan fingerprint density at radius 3 is 2.23 bits per heavy atom. The Balaban J connectivity index is 1.51. The topological polar surface area (TPSA) is 164 Å². The van der Waals surface area contributed by atoms with E-state index in [0.29, 0.717) is 43.3 Å². The van der Waals surface area contributed by atoms with Crippen LogP contribution in [0.3, 0.4) is 0 Å². The van der Waals surface area contributed by atoms with Crippen LogP contribution in [0.2, 0.25) is 5.02 Å². The Kier molecular flexibility index (Phi) is 17.7. The van der Waals surface area contributed by atoms with Crippen LogP contribution in [0.4, 0.5) is 4.79 Å². The average molecular weight is 888 g/mol. The molecular weight excluding hydrogens is 823 g/mol. The number of ether oxygens (including phenoxy) is 3. The van der Waals surface area contributed by atoms with Gasteiger partial charge in [-0.05, 0) is 88.3 Å². The molecule has 2 aromatic carbocycles. The number of aliphatic hydroxyl groups excluding tert-OH is 1. The Hall–Kier alpha value is -4.17. The summed E-state index contributed by atoms with van der Waals surface area (Å²) >= 11 is 13.3. The first-order chi connectivity index (χ1) is 28.5. The van der Waals surface area contributed by atoms with Crippen LogP contribution in [-0.2, 0) is 46.4 Å². The van der Waals surface area contributed by atoms with E-state index >= 15 is 0 Å². The summed E-state index contributed by atoms with van der Waals surface area (Å²) in [5.74, 6) is -3.41. The van der Waals surface area contributed by atoms with Gasteiger partial charge in [-0.2, -0.15) is 0 Å². The maximum atomic E-state index is 13.8. The van der Waals surface area contributed by atoms with Gasteiger partial charge in [0.25, 0.3) is 0 Å². The van der Waals surface area contributed by atoms with E-state index in [1.807, 2.05) is 77.9 Å². The van der Waals surface area contributed by atoms with Crippen LogP contribution >= 0.6 is 23.2 Å². The third-order valence-corrected chi connectivity index (χ3v) is 11.7. The summed E-state index contributed by atoms with van der Waals surface area (Å²) in [7, 11) is 0. The molecular formula is C46H64Cl2N4O9. The molecule has 3 amide bonds. The van der Waals surface area contributed by atoms with Gasteiger partial charge in [0.15, 0.2) is 6.10 Å². The molecule has 3 N–H and O–H groups in total. The van der Waals surface area contributed by atoms with Gasteiger partial charge in [0.1, 0.15) is 17.7 Å². The molecule has 2 aliphatic heterocycles. The molecule has 336 valence electrons. The molecule has 61 heavy (non-hydrogen) atoms. The molecule has 6 atom stereocenters. The number of carbonyl (C=O) groups is 5. The van der Waals surface area contributed by atoms with Crippen molar-refractivity contribution in [2.24, 2.45) is 17.3 Å². The normalized spacial score (nSPS) is 23.2. The first-order valence-corrected chi connectivity index (χ1v) is 21.9. The van der Waals surface area contributed by atoms with Gasteiger partial charge in [0.05, 0.1) is 16.9 Å². The highest BCUT2D eigenvalue weighted by molar-refractivity contribution is 6.31. The zero-order valence-corrected chi connectivity index (χ0v) is 38.5. The van der Waals surface area contributed by atoms with Crippen molar-refractivity contribution in [1.29, 1.82) is 0 Å². The smallest absolute Gasteiger partial charge is 0.410 e. The van der Waals surface area contributed by atoms with Crippen molar-refractivity contribution in [3.05, 3.63) is 81.9 Å². The van der Waals surface area contributed by atoms with Crippen LogP contribution in [-0.4, -0.2) is 107 Å². The maximum Gasteiger partial charge on any atom is 0.410 e. The standard InChI is InChI=1S/C46H64Cl2N4O9/c1-28(2)23-37-42(56)59-36(11-10-12-38(53)50-35(25-32-14-13-29(3)34(47)24-32)41(55)49-27-46(8,9)43(57)60-37)30(4)40(54)39(48)33-17-15-31(16-18-33)26-51-19-21-52(22-20-51)44(58)61-45(5,6)7/h10,12-18,24,28,30,35-37,39-40,54H,11,19-23,25-27H2,1-9H3,(H,49,55)(H,50,53)/b12-10+/t30-,35+,36-,37-,39-,40+/m0/s1. The summed E-state index contributed by atoms with van der Waals surface area (Å²) in [5.41, 5.74) is 1.46. The zero-order chi connectivity index (χ0) is 45.2. The second-order valence-electron chi connectivity index (χ2n) is 18.3. The minimum Gasteiger partial charge on any atom is -0.459 e. The predicted molar refractivity (Wildman–Crippen MR) is 235 cm³/mol. The monoisotopic (exact) mass is 886 g/mol. The number of rotatable bonds is 10. The largest absolute Gasteiger partial charge is 0.459 e. The van der Waals surface area contributed by atoms with Crippen molar-refractivity contribution < 1.29 is 43.3 Å². The van der Waals surface area contributed by atoms with Gasteiger partial charge in [-0.1, -0.05) is 74.8 Å². The first-order valence-electron chi connectivity index (χ1n) is 21.1. The molecule has 0 saturated carbocycles. The number of hydrogen-bond acceptors (Lipinski definition) is 10. The van der Waals surface area contributed by atoms with Crippen molar-refractivity contribution in [2.75, 3.05) is 32.7 Å². The lowest BCUT2D eigenvalue weighted by molar-refractivity contribution is -0.180. The van der Waals surface area contributed by atoms with Crippen molar-refractivity contribution in [1.82, 2.24) is 20.4 Å². The van der Waals surface area contributed by atoms with Gasteiger partial charge >= 0.3 is 18.0 Å². The van der Waals surface area contributed by atoms with E-state index in [4.69, 9.17) is 37.4 Å². The number of halogens is 2. The average Bonchev–Trinajstić information content (AvgIpc) is 3.19. The summed E-state index contributed by atoms with van der Waals surface area (Å²) in [6.45, 7) is 19.1. The fourth-order valence-electron chi connectivity index (χ4n) is 6.91. The lowest BCUT2D eigenvalue weighted by Crippen LogP contribution is -2.51. The number of piperazine rings is 1. The highest BCUT2D eigenvalue weighted by Gasteiger charge is 2.39. The predicted octanol–water partition coefficient (Wildman–Crippen LogP) is 6.68. The summed E-state index contributed by atoms with van der Waals surface area (Å²) in [6, 6.07) is 12.0. The van der Waals surface area contributed by atoms with E-state index in [1.165, 1.54) is 12.2 Å². The van der Waals surface area contributed by atoms with Crippen molar-refractivity contribution >= 4 is 53.0 Å².